The van der Waals surface area contributed by atoms with Crippen molar-refractivity contribution in [3.8, 4) is 11.3 Å². The van der Waals surface area contributed by atoms with Gasteiger partial charge in [0.25, 0.3) is 0 Å². The predicted octanol–water partition coefficient (Wildman–Crippen LogP) is -0.330. The minimum absolute atomic E-state index is 0. The Morgan fingerprint density at radius 1 is 1.07 bits per heavy atom. The molecule has 0 amide bonds. The third-order valence-electron chi connectivity index (χ3n) is 2.07. The molecular weight excluding hydrogens is 210 g/mol. The van der Waals surface area contributed by atoms with Gasteiger partial charge in [0.15, 0.2) is 0 Å². The summed E-state index contributed by atoms with van der Waals surface area (Å²) in [6.07, 6.45) is 0. The number of halogens is 1. The first-order valence-electron chi connectivity index (χ1n) is 4.69. The molecule has 0 saturated carbocycles. The molecule has 1 aromatic carbocycles. The molecular formula is C12H13ClNO-. The van der Waals surface area contributed by atoms with Gasteiger partial charge in [-0.05, 0) is 19.2 Å². The minimum Gasteiger partial charge on any atom is -1.00 e. The molecule has 2 aromatic rings. The molecule has 3 heteroatoms. The fourth-order valence-corrected chi connectivity index (χ4v) is 1.40. The Hall–Kier alpha value is -1.25. The standard InChI is InChI=1S/C12H13NO.ClH/c1-13-9-11-7-8-12(14-11)10-5-3-2-4-6-10;/h2-8,13H,9H2,1H3;1H/p-1. The lowest BCUT2D eigenvalue weighted by molar-refractivity contribution is -0.00000344. The van der Waals surface area contributed by atoms with Crippen LogP contribution in [0.15, 0.2) is 46.9 Å². The Morgan fingerprint density at radius 3 is 2.47 bits per heavy atom. The van der Waals surface area contributed by atoms with Crippen LogP contribution in [0.1, 0.15) is 5.76 Å². The van der Waals surface area contributed by atoms with Crippen molar-refractivity contribution in [3.63, 3.8) is 0 Å². The van der Waals surface area contributed by atoms with E-state index < -0.39 is 0 Å². The summed E-state index contributed by atoms with van der Waals surface area (Å²) in [5.41, 5.74) is 1.12. The van der Waals surface area contributed by atoms with E-state index >= 15 is 0 Å². The molecule has 0 radical (unpaired) electrons. The largest absolute Gasteiger partial charge is 1.00 e. The second-order valence-corrected chi connectivity index (χ2v) is 3.16. The Morgan fingerprint density at radius 2 is 1.80 bits per heavy atom. The van der Waals surface area contributed by atoms with Crippen molar-refractivity contribution < 1.29 is 16.8 Å². The molecule has 2 nitrogen and oxygen atoms in total. The number of nitrogens with one attached hydrogen (secondary N) is 1. The highest BCUT2D eigenvalue weighted by Gasteiger charge is 2.02. The molecule has 0 fully saturated rings. The lowest BCUT2D eigenvalue weighted by Gasteiger charge is -1.96. The van der Waals surface area contributed by atoms with Crippen LogP contribution in [0.3, 0.4) is 0 Å². The maximum Gasteiger partial charge on any atom is 0.134 e. The highest BCUT2D eigenvalue weighted by atomic mass is 35.5. The molecule has 0 aliphatic carbocycles. The van der Waals surface area contributed by atoms with Crippen LogP contribution in [-0.2, 0) is 6.54 Å². The molecule has 0 aliphatic heterocycles. The first-order valence-corrected chi connectivity index (χ1v) is 4.69. The number of hydrogen-bond donors (Lipinski definition) is 1. The molecule has 80 valence electrons. The summed E-state index contributed by atoms with van der Waals surface area (Å²) < 4.78 is 5.65. The Kier molecular flexibility index (Phi) is 4.40. The first kappa shape index (κ1) is 11.8. The van der Waals surface area contributed by atoms with E-state index in [2.05, 4.69) is 5.32 Å². The Balaban J connectivity index is 0.00000112. The second kappa shape index (κ2) is 5.59. The summed E-state index contributed by atoms with van der Waals surface area (Å²) in [5, 5.41) is 3.06. The SMILES string of the molecule is CNCc1ccc(-c2ccccc2)o1.[Cl-]. The number of benzene rings is 1. The molecule has 1 heterocycles. The van der Waals surface area contributed by atoms with Gasteiger partial charge < -0.3 is 22.1 Å². The normalized spacial score (nSPS) is 9.67. The molecule has 0 aliphatic rings. The average Bonchev–Trinajstić information content (AvgIpc) is 2.68. The predicted molar refractivity (Wildman–Crippen MR) is 56.9 cm³/mol. The maximum atomic E-state index is 5.65. The molecule has 0 atom stereocenters. The van der Waals surface area contributed by atoms with Gasteiger partial charge in [-0.1, -0.05) is 30.3 Å². The highest BCUT2D eigenvalue weighted by molar-refractivity contribution is 5.57. The van der Waals surface area contributed by atoms with E-state index in [0.29, 0.717) is 0 Å². The lowest BCUT2D eigenvalue weighted by atomic mass is 10.2. The summed E-state index contributed by atoms with van der Waals surface area (Å²) in [5.74, 6) is 1.89. The summed E-state index contributed by atoms with van der Waals surface area (Å²) in [6.45, 7) is 0.771. The number of rotatable bonds is 3. The number of hydrogen-bond acceptors (Lipinski definition) is 2. The van der Waals surface area contributed by atoms with E-state index in [9.17, 15) is 0 Å². The second-order valence-electron chi connectivity index (χ2n) is 3.16. The van der Waals surface area contributed by atoms with Crippen LogP contribution in [0.4, 0.5) is 0 Å². The van der Waals surface area contributed by atoms with Gasteiger partial charge in [-0.25, -0.2) is 0 Å². The summed E-state index contributed by atoms with van der Waals surface area (Å²) in [4.78, 5) is 0. The molecule has 2 rings (SSSR count). The molecule has 1 aromatic heterocycles. The zero-order valence-corrected chi connectivity index (χ0v) is 9.29. The van der Waals surface area contributed by atoms with Crippen LogP contribution in [-0.4, -0.2) is 7.05 Å². The lowest BCUT2D eigenvalue weighted by Crippen LogP contribution is -3.00. The fourth-order valence-electron chi connectivity index (χ4n) is 1.40. The highest BCUT2D eigenvalue weighted by Crippen LogP contribution is 2.21. The van der Waals surface area contributed by atoms with Gasteiger partial charge >= 0.3 is 0 Å². The molecule has 0 spiro atoms. The van der Waals surface area contributed by atoms with Crippen molar-refractivity contribution in [3.05, 3.63) is 48.2 Å². The molecule has 0 saturated heterocycles. The third-order valence-corrected chi connectivity index (χ3v) is 2.07. The molecule has 15 heavy (non-hydrogen) atoms. The van der Waals surface area contributed by atoms with Gasteiger partial charge in [-0.15, -0.1) is 0 Å². The fraction of sp³-hybridized carbons (Fsp3) is 0.167. The van der Waals surface area contributed by atoms with E-state index in [1.165, 1.54) is 0 Å². The minimum atomic E-state index is 0. The molecule has 0 bridgehead atoms. The van der Waals surface area contributed by atoms with Crippen LogP contribution < -0.4 is 17.7 Å². The zero-order chi connectivity index (χ0) is 9.80. The third kappa shape index (κ3) is 2.85. The van der Waals surface area contributed by atoms with E-state index in [1.807, 2.05) is 49.5 Å². The van der Waals surface area contributed by atoms with Gasteiger partial charge in [0, 0.05) is 5.56 Å². The van der Waals surface area contributed by atoms with Crippen molar-refractivity contribution in [2.45, 2.75) is 6.54 Å². The van der Waals surface area contributed by atoms with Crippen molar-refractivity contribution in [2.24, 2.45) is 0 Å². The summed E-state index contributed by atoms with van der Waals surface area (Å²) >= 11 is 0. The van der Waals surface area contributed by atoms with Gasteiger partial charge in [0.05, 0.1) is 6.54 Å². The molecule has 0 unspecified atom stereocenters. The van der Waals surface area contributed by atoms with Gasteiger partial charge in [-0.2, -0.15) is 0 Å². The van der Waals surface area contributed by atoms with Crippen LogP contribution in [0.25, 0.3) is 11.3 Å². The van der Waals surface area contributed by atoms with Crippen LogP contribution in [0.2, 0.25) is 0 Å². The topological polar surface area (TPSA) is 25.2 Å². The van der Waals surface area contributed by atoms with Gasteiger partial charge in [0.2, 0.25) is 0 Å². The van der Waals surface area contributed by atoms with Crippen LogP contribution >= 0.6 is 0 Å². The van der Waals surface area contributed by atoms with E-state index in [-0.39, 0.29) is 12.4 Å². The van der Waals surface area contributed by atoms with Gasteiger partial charge in [0.1, 0.15) is 11.5 Å². The summed E-state index contributed by atoms with van der Waals surface area (Å²) in [7, 11) is 1.91. The quantitative estimate of drug-likeness (QED) is 0.770. The Bertz CT molecular complexity index is 397. The smallest absolute Gasteiger partial charge is 0.134 e. The van der Waals surface area contributed by atoms with Crippen molar-refractivity contribution >= 4 is 0 Å². The van der Waals surface area contributed by atoms with E-state index in [0.717, 1.165) is 23.6 Å². The molecule has 1 N–H and O–H groups in total. The zero-order valence-electron chi connectivity index (χ0n) is 8.53. The summed E-state index contributed by atoms with van der Waals surface area (Å²) in [6, 6.07) is 14.1. The van der Waals surface area contributed by atoms with Crippen LogP contribution in [0, 0.1) is 0 Å². The van der Waals surface area contributed by atoms with Crippen LogP contribution in [0.5, 0.6) is 0 Å². The van der Waals surface area contributed by atoms with E-state index in [1.54, 1.807) is 0 Å². The van der Waals surface area contributed by atoms with E-state index in [4.69, 9.17) is 4.42 Å². The number of furan rings is 1. The van der Waals surface area contributed by atoms with Crippen molar-refractivity contribution in [2.75, 3.05) is 7.05 Å². The first-order chi connectivity index (χ1) is 6.90. The monoisotopic (exact) mass is 222 g/mol. The van der Waals surface area contributed by atoms with Gasteiger partial charge in [-0.3, -0.25) is 0 Å². The van der Waals surface area contributed by atoms with Crippen molar-refractivity contribution in [1.82, 2.24) is 5.32 Å². The van der Waals surface area contributed by atoms with Crippen molar-refractivity contribution in [1.29, 1.82) is 0 Å². The average molecular weight is 223 g/mol. The maximum absolute atomic E-state index is 5.65. The Labute approximate surface area is 95.7 Å².